The molecule has 5 nitrogen and oxygen atoms in total. The van der Waals surface area contributed by atoms with E-state index >= 15 is 0 Å². The Morgan fingerprint density at radius 2 is 1.64 bits per heavy atom. The lowest BCUT2D eigenvalue weighted by molar-refractivity contribution is -0.120. The molecule has 0 bridgehead atoms. The molecule has 110 valence electrons. The van der Waals surface area contributed by atoms with E-state index in [1.165, 1.54) is 0 Å². The van der Waals surface area contributed by atoms with Crippen molar-refractivity contribution in [2.24, 2.45) is 0 Å². The number of hydrazine groups is 1. The molecule has 0 saturated carbocycles. The fraction of sp³-hybridized carbons (Fsp3) is 0.0588. The number of anilines is 1. The second kappa shape index (κ2) is 6.58. The van der Waals surface area contributed by atoms with E-state index in [1.54, 1.807) is 10.9 Å². The van der Waals surface area contributed by atoms with E-state index in [0.29, 0.717) is 0 Å². The van der Waals surface area contributed by atoms with Crippen LogP contribution in [-0.4, -0.2) is 15.7 Å². The van der Waals surface area contributed by atoms with Gasteiger partial charge in [0.25, 0.3) is 0 Å². The number of benzene rings is 2. The molecule has 3 aromatic rings. The minimum atomic E-state index is -0.124. The summed E-state index contributed by atoms with van der Waals surface area (Å²) in [6, 6.07) is 21.1. The minimum Gasteiger partial charge on any atom is -0.299 e. The van der Waals surface area contributed by atoms with Crippen LogP contribution in [0, 0.1) is 0 Å². The number of aromatic nitrogens is 2. The highest BCUT2D eigenvalue weighted by Crippen LogP contribution is 2.10. The lowest BCUT2D eigenvalue weighted by atomic mass is 10.2. The molecule has 0 spiro atoms. The topological polar surface area (TPSA) is 59.0 Å². The van der Waals surface area contributed by atoms with Crippen molar-refractivity contribution in [3.8, 4) is 5.69 Å². The zero-order valence-electron chi connectivity index (χ0n) is 11.9. The van der Waals surface area contributed by atoms with E-state index in [1.807, 2.05) is 66.7 Å². The Kier molecular flexibility index (Phi) is 4.15. The first kappa shape index (κ1) is 13.9. The Labute approximate surface area is 128 Å². The van der Waals surface area contributed by atoms with Crippen LogP contribution in [-0.2, 0) is 11.2 Å². The average Bonchev–Trinajstić information content (AvgIpc) is 3.03. The van der Waals surface area contributed by atoms with Gasteiger partial charge in [0.05, 0.1) is 23.5 Å². The molecule has 0 aliphatic heterocycles. The van der Waals surface area contributed by atoms with Gasteiger partial charge in [-0.2, -0.15) is 5.10 Å². The summed E-state index contributed by atoms with van der Waals surface area (Å²) in [5.41, 5.74) is 8.18. The van der Waals surface area contributed by atoms with Gasteiger partial charge in [0.2, 0.25) is 5.91 Å². The first-order chi connectivity index (χ1) is 10.8. The predicted octanol–water partition coefficient (Wildman–Crippen LogP) is 2.56. The van der Waals surface area contributed by atoms with Crippen LogP contribution in [0.5, 0.6) is 0 Å². The van der Waals surface area contributed by atoms with Crippen LogP contribution in [0.1, 0.15) is 5.69 Å². The summed E-state index contributed by atoms with van der Waals surface area (Å²) in [7, 11) is 0. The summed E-state index contributed by atoms with van der Waals surface area (Å²) in [4.78, 5) is 12.1. The number of amides is 1. The molecule has 0 unspecified atom stereocenters. The monoisotopic (exact) mass is 292 g/mol. The van der Waals surface area contributed by atoms with Crippen LogP contribution in [0.25, 0.3) is 5.69 Å². The third-order valence-electron chi connectivity index (χ3n) is 3.18. The molecular formula is C17H16N4O. The summed E-state index contributed by atoms with van der Waals surface area (Å²) in [5.74, 6) is -0.124. The standard InChI is InChI=1S/C17H16N4O/c22-17(20-19-14-7-3-1-4-8-14)13-16-11-12-18-21(16)15-9-5-2-6-10-15/h1-12,19H,13H2,(H,20,22). The van der Waals surface area contributed by atoms with Gasteiger partial charge in [-0.05, 0) is 30.3 Å². The average molecular weight is 292 g/mol. The van der Waals surface area contributed by atoms with E-state index < -0.39 is 0 Å². The quantitative estimate of drug-likeness (QED) is 0.711. The fourth-order valence-corrected chi connectivity index (χ4v) is 2.14. The first-order valence-electron chi connectivity index (χ1n) is 7.01. The van der Waals surface area contributed by atoms with E-state index in [-0.39, 0.29) is 12.3 Å². The van der Waals surface area contributed by atoms with Gasteiger partial charge < -0.3 is 0 Å². The third kappa shape index (κ3) is 3.32. The Balaban J connectivity index is 1.64. The van der Waals surface area contributed by atoms with Gasteiger partial charge in [0, 0.05) is 6.20 Å². The SMILES string of the molecule is O=C(Cc1ccnn1-c1ccccc1)NNc1ccccc1. The number of carbonyl (C=O) groups is 1. The Hall–Kier alpha value is -3.08. The van der Waals surface area contributed by atoms with Gasteiger partial charge >= 0.3 is 0 Å². The second-order valence-corrected chi connectivity index (χ2v) is 4.79. The van der Waals surface area contributed by atoms with Crippen molar-refractivity contribution in [3.05, 3.63) is 78.6 Å². The molecule has 3 rings (SSSR count). The Morgan fingerprint density at radius 3 is 2.36 bits per heavy atom. The summed E-state index contributed by atoms with van der Waals surface area (Å²) in [6.07, 6.45) is 1.94. The molecule has 2 N–H and O–H groups in total. The number of carbonyl (C=O) groups excluding carboxylic acids is 1. The molecule has 0 saturated heterocycles. The number of nitrogens with one attached hydrogen (secondary N) is 2. The molecule has 22 heavy (non-hydrogen) atoms. The van der Waals surface area contributed by atoms with Crippen LogP contribution in [0.3, 0.4) is 0 Å². The summed E-state index contributed by atoms with van der Waals surface area (Å²) >= 11 is 0. The van der Waals surface area contributed by atoms with Gasteiger partial charge in [0.15, 0.2) is 0 Å². The normalized spacial score (nSPS) is 10.2. The molecule has 0 fully saturated rings. The number of nitrogens with zero attached hydrogens (tertiary/aromatic N) is 2. The lowest BCUT2D eigenvalue weighted by Crippen LogP contribution is -2.31. The molecule has 0 atom stereocenters. The van der Waals surface area contributed by atoms with Crippen LogP contribution in [0.4, 0.5) is 5.69 Å². The van der Waals surface area contributed by atoms with Gasteiger partial charge in [-0.1, -0.05) is 36.4 Å². The smallest absolute Gasteiger partial charge is 0.244 e. The van der Waals surface area contributed by atoms with Crippen molar-refractivity contribution in [1.82, 2.24) is 15.2 Å². The van der Waals surface area contributed by atoms with Crippen molar-refractivity contribution in [1.29, 1.82) is 0 Å². The Bertz CT molecular complexity index is 738. The maximum absolute atomic E-state index is 12.1. The number of hydrogen-bond acceptors (Lipinski definition) is 3. The van der Waals surface area contributed by atoms with Crippen LogP contribution >= 0.6 is 0 Å². The molecule has 2 aromatic carbocycles. The number of para-hydroxylation sites is 2. The van der Waals surface area contributed by atoms with Crippen molar-refractivity contribution < 1.29 is 4.79 Å². The summed E-state index contributed by atoms with van der Waals surface area (Å²) in [6.45, 7) is 0. The molecular weight excluding hydrogens is 276 g/mol. The Morgan fingerprint density at radius 1 is 0.955 bits per heavy atom. The van der Waals surface area contributed by atoms with Gasteiger partial charge in [-0.3, -0.25) is 15.6 Å². The second-order valence-electron chi connectivity index (χ2n) is 4.79. The van der Waals surface area contributed by atoms with E-state index in [2.05, 4.69) is 16.0 Å². The molecule has 1 aromatic heterocycles. The highest BCUT2D eigenvalue weighted by molar-refractivity contribution is 5.79. The van der Waals surface area contributed by atoms with E-state index in [0.717, 1.165) is 17.1 Å². The molecule has 1 amide bonds. The molecule has 5 heteroatoms. The highest BCUT2D eigenvalue weighted by Gasteiger charge is 2.09. The zero-order chi connectivity index (χ0) is 15.2. The number of rotatable bonds is 5. The molecule has 0 radical (unpaired) electrons. The lowest BCUT2D eigenvalue weighted by Gasteiger charge is -2.10. The van der Waals surface area contributed by atoms with Crippen molar-refractivity contribution in [3.63, 3.8) is 0 Å². The first-order valence-corrected chi connectivity index (χ1v) is 7.01. The number of hydrogen-bond donors (Lipinski definition) is 2. The van der Waals surface area contributed by atoms with Crippen molar-refractivity contribution in [2.75, 3.05) is 5.43 Å². The third-order valence-corrected chi connectivity index (χ3v) is 3.18. The van der Waals surface area contributed by atoms with Crippen LogP contribution in [0.15, 0.2) is 72.9 Å². The zero-order valence-corrected chi connectivity index (χ0v) is 11.9. The molecule has 1 heterocycles. The largest absolute Gasteiger partial charge is 0.299 e. The van der Waals surface area contributed by atoms with Crippen LogP contribution < -0.4 is 10.9 Å². The fourth-order valence-electron chi connectivity index (χ4n) is 2.14. The molecule has 0 aliphatic rings. The maximum atomic E-state index is 12.1. The van der Waals surface area contributed by atoms with Crippen molar-refractivity contribution in [2.45, 2.75) is 6.42 Å². The van der Waals surface area contributed by atoms with Crippen LogP contribution in [0.2, 0.25) is 0 Å². The van der Waals surface area contributed by atoms with Crippen molar-refractivity contribution >= 4 is 11.6 Å². The highest BCUT2D eigenvalue weighted by atomic mass is 16.2. The maximum Gasteiger partial charge on any atom is 0.244 e. The van der Waals surface area contributed by atoms with Gasteiger partial charge in [0.1, 0.15) is 0 Å². The predicted molar refractivity (Wildman–Crippen MR) is 85.5 cm³/mol. The van der Waals surface area contributed by atoms with Gasteiger partial charge in [-0.25, -0.2) is 4.68 Å². The summed E-state index contributed by atoms with van der Waals surface area (Å²) in [5, 5.41) is 4.27. The van der Waals surface area contributed by atoms with Gasteiger partial charge in [-0.15, -0.1) is 0 Å². The molecule has 0 aliphatic carbocycles. The minimum absolute atomic E-state index is 0.124. The summed E-state index contributed by atoms with van der Waals surface area (Å²) < 4.78 is 1.77. The van der Waals surface area contributed by atoms with E-state index in [9.17, 15) is 4.79 Å². The van der Waals surface area contributed by atoms with E-state index in [4.69, 9.17) is 0 Å².